The zero-order valence-corrected chi connectivity index (χ0v) is 8.12. The Kier molecular flexibility index (Phi) is 2.94. The highest BCUT2D eigenvalue weighted by molar-refractivity contribution is 7.80. The lowest BCUT2D eigenvalue weighted by Gasteiger charge is -2.04. The Bertz CT molecular complexity index is 425. The van der Waals surface area contributed by atoms with Crippen molar-refractivity contribution in [2.75, 3.05) is 7.11 Å². The summed E-state index contributed by atoms with van der Waals surface area (Å²) in [6.07, 6.45) is 0. The van der Waals surface area contributed by atoms with Crippen LogP contribution in [0.1, 0.15) is 5.56 Å². The molecule has 0 radical (unpaired) electrons. The molecular formula is C8H6N2O3S. The number of hydrogen-bond acceptors (Lipinski definition) is 5. The van der Waals surface area contributed by atoms with Gasteiger partial charge in [-0.2, -0.15) is 5.26 Å². The second kappa shape index (κ2) is 3.98. The van der Waals surface area contributed by atoms with E-state index in [1.165, 1.54) is 13.2 Å². The first-order chi connectivity index (χ1) is 6.60. The van der Waals surface area contributed by atoms with Crippen LogP contribution in [0.25, 0.3) is 0 Å². The minimum Gasteiger partial charge on any atom is -0.495 e. The standard InChI is InChI=1S/C8H6N2O3S/c1-13-7-3-6(10(11)12)2-5(4-9)8(7)14/h2-3,14H,1H3. The van der Waals surface area contributed by atoms with Gasteiger partial charge >= 0.3 is 0 Å². The molecule has 0 N–H and O–H groups in total. The van der Waals surface area contributed by atoms with Crippen LogP contribution < -0.4 is 4.74 Å². The van der Waals surface area contributed by atoms with Gasteiger partial charge in [0.1, 0.15) is 11.8 Å². The smallest absolute Gasteiger partial charge is 0.274 e. The van der Waals surface area contributed by atoms with Crippen molar-refractivity contribution >= 4 is 18.3 Å². The van der Waals surface area contributed by atoms with Gasteiger partial charge in [0, 0.05) is 6.07 Å². The van der Waals surface area contributed by atoms with Gasteiger partial charge in [-0.3, -0.25) is 10.1 Å². The summed E-state index contributed by atoms with van der Waals surface area (Å²) < 4.78 is 4.85. The molecule has 0 aliphatic rings. The number of thiol groups is 1. The summed E-state index contributed by atoms with van der Waals surface area (Å²) in [6, 6.07) is 4.19. The number of nitro groups is 1. The lowest BCUT2D eigenvalue weighted by molar-refractivity contribution is -0.385. The Hall–Kier alpha value is -1.74. The van der Waals surface area contributed by atoms with Crippen molar-refractivity contribution in [1.29, 1.82) is 5.26 Å². The molecular weight excluding hydrogens is 204 g/mol. The fraction of sp³-hybridized carbons (Fsp3) is 0.125. The van der Waals surface area contributed by atoms with E-state index in [-0.39, 0.29) is 17.0 Å². The molecule has 0 saturated carbocycles. The van der Waals surface area contributed by atoms with Crippen LogP contribution in [0.15, 0.2) is 17.0 Å². The van der Waals surface area contributed by atoms with Crippen LogP contribution in [0.2, 0.25) is 0 Å². The molecule has 0 fully saturated rings. The van der Waals surface area contributed by atoms with Crippen LogP contribution in [0.5, 0.6) is 5.75 Å². The first kappa shape index (κ1) is 10.3. The Morgan fingerprint density at radius 3 is 2.71 bits per heavy atom. The van der Waals surface area contributed by atoms with Crippen LogP contribution in [0.4, 0.5) is 5.69 Å². The van der Waals surface area contributed by atoms with Crippen LogP contribution in [0, 0.1) is 21.4 Å². The highest BCUT2D eigenvalue weighted by Gasteiger charge is 2.14. The Labute approximate surface area is 85.5 Å². The summed E-state index contributed by atoms with van der Waals surface area (Å²) in [6.45, 7) is 0. The third kappa shape index (κ3) is 1.78. The Balaban J connectivity index is 3.41. The Morgan fingerprint density at radius 1 is 1.64 bits per heavy atom. The van der Waals surface area contributed by atoms with Gasteiger partial charge in [-0.05, 0) is 0 Å². The topological polar surface area (TPSA) is 76.2 Å². The SMILES string of the molecule is COc1cc([N+](=O)[O-])cc(C#N)c1S. The minimum absolute atomic E-state index is 0.124. The van der Waals surface area contributed by atoms with E-state index in [1.807, 2.05) is 0 Å². The van der Waals surface area contributed by atoms with Crippen molar-refractivity contribution < 1.29 is 9.66 Å². The number of hydrogen-bond donors (Lipinski definition) is 1. The largest absolute Gasteiger partial charge is 0.495 e. The molecule has 0 unspecified atom stereocenters. The second-order valence-electron chi connectivity index (χ2n) is 2.41. The van der Waals surface area contributed by atoms with Crippen LogP contribution in [0.3, 0.4) is 0 Å². The summed E-state index contributed by atoms with van der Waals surface area (Å²) in [4.78, 5) is 10.2. The summed E-state index contributed by atoms with van der Waals surface area (Å²) in [5, 5.41) is 19.1. The zero-order valence-electron chi connectivity index (χ0n) is 7.22. The summed E-state index contributed by atoms with van der Waals surface area (Å²) >= 11 is 4.02. The molecule has 0 aromatic heterocycles. The predicted molar refractivity (Wildman–Crippen MR) is 51.6 cm³/mol. The summed E-state index contributed by atoms with van der Waals surface area (Å²) in [5.74, 6) is 0.221. The van der Waals surface area contributed by atoms with Gasteiger partial charge in [-0.15, -0.1) is 12.6 Å². The van der Waals surface area contributed by atoms with Crippen molar-refractivity contribution in [2.45, 2.75) is 4.90 Å². The highest BCUT2D eigenvalue weighted by Crippen LogP contribution is 2.30. The monoisotopic (exact) mass is 210 g/mol. The van der Waals surface area contributed by atoms with Gasteiger partial charge in [0.05, 0.1) is 28.6 Å². The maximum absolute atomic E-state index is 10.5. The minimum atomic E-state index is -0.587. The molecule has 1 aromatic carbocycles. The van der Waals surface area contributed by atoms with E-state index in [2.05, 4.69) is 12.6 Å². The van der Waals surface area contributed by atoms with Crippen LogP contribution in [-0.4, -0.2) is 12.0 Å². The molecule has 0 amide bonds. The van der Waals surface area contributed by atoms with E-state index in [0.29, 0.717) is 4.90 Å². The summed E-state index contributed by atoms with van der Waals surface area (Å²) in [5.41, 5.74) is -0.0596. The highest BCUT2D eigenvalue weighted by atomic mass is 32.1. The first-order valence-corrected chi connectivity index (χ1v) is 4.00. The maximum Gasteiger partial charge on any atom is 0.274 e. The first-order valence-electron chi connectivity index (χ1n) is 3.55. The van der Waals surface area contributed by atoms with Gasteiger partial charge in [-0.1, -0.05) is 0 Å². The second-order valence-corrected chi connectivity index (χ2v) is 2.86. The number of non-ortho nitro benzene ring substituents is 1. The van der Waals surface area contributed by atoms with Crippen molar-refractivity contribution in [1.82, 2.24) is 0 Å². The van der Waals surface area contributed by atoms with Crippen molar-refractivity contribution in [3.05, 3.63) is 27.8 Å². The molecule has 0 atom stereocenters. The molecule has 0 aliphatic heterocycles. The number of nitro benzene ring substituents is 1. The van der Waals surface area contributed by atoms with E-state index >= 15 is 0 Å². The fourth-order valence-corrected chi connectivity index (χ4v) is 1.21. The number of ether oxygens (including phenoxy) is 1. The van der Waals surface area contributed by atoms with Gasteiger partial charge in [0.25, 0.3) is 5.69 Å². The van der Waals surface area contributed by atoms with Crippen molar-refractivity contribution in [2.24, 2.45) is 0 Å². The summed E-state index contributed by atoms with van der Waals surface area (Å²) in [7, 11) is 1.36. The van der Waals surface area contributed by atoms with E-state index < -0.39 is 4.92 Å². The van der Waals surface area contributed by atoms with Crippen LogP contribution >= 0.6 is 12.6 Å². The third-order valence-electron chi connectivity index (χ3n) is 1.61. The lowest BCUT2D eigenvalue weighted by Crippen LogP contribution is -1.93. The third-order valence-corrected chi connectivity index (χ3v) is 2.07. The zero-order chi connectivity index (χ0) is 10.7. The molecule has 0 aliphatic carbocycles. The average Bonchev–Trinajstić information content (AvgIpc) is 2.17. The molecule has 72 valence electrons. The molecule has 1 aromatic rings. The van der Waals surface area contributed by atoms with E-state index in [9.17, 15) is 10.1 Å². The normalized spacial score (nSPS) is 9.21. The quantitative estimate of drug-likeness (QED) is 0.458. The van der Waals surface area contributed by atoms with Gasteiger partial charge < -0.3 is 4.74 Å². The van der Waals surface area contributed by atoms with E-state index in [1.54, 1.807) is 6.07 Å². The number of nitrogens with zero attached hydrogens (tertiary/aromatic N) is 2. The molecule has 5 nitrogen and oxygen atoms in total. The Morgan fingerprint density at radius 2 is 2.29 bits per heavy atom. The molecule has 1 rings (SSSR count). The predicted octanol–water partition coefficient (Wildman–Crippen LogP) is 1.76. The van der Waals surface area contributed by atoms with Gasteiger partial charge in [0.2, 0.25) is 0 Å². The van der Waals surface area contributed by atoms with E-state index in [0.717, 1.165) is 6.07 Å². The molecule has 0 spiro atoms. The fourth-order valence-electron chi connectivity index (χ4n) is 0.940. The van der Waals surface area contributed by atoms with Gasteiger partial charge in [-0.25, -0.2) is 0 Å². The maximum atomic E-state index is 10.5. The van der Waals surface area contributed by atoms with Gasteiger partial charge in [0.15, 0.2) is 0 Å². The molecule has 0 heterocycles. The molecule has 0 saturated heterocycles. The number of methoxy groups -OCH3 is 1. The molecule has 14 heavy (non-hydrogen) atoms. The number of rotatable bonds is 2. The van der Waals surface area contributed by atoms with Crippen LogP contribution in [-0.2, 0) is 0 Å². The molecule has 0 bridgehead atoms. The van der Waals surface area contributed by atoms with E-state index in [4.69, 9.17) is 10.00 Å². The van der Waals surface area contributed by atoms with Crippen molar-refractivity contribution in [3.8, 4) is 11.8 Å². The number of nitriles is 1. The average molecular weight is 210 g/mol. The molecule has 6 heteroatoms. The number of benzene rings is 1. The van der Waals surface area contributed by atoms with Crippen molar-refractivity contribution in [3.63, 3.8) is 0 Å². The lowest BCUT2D eigenvalue weighted by atomic mass is 10.2.